The van der Waals surface area contributed by atoms with Gasteiger partial charge in [0.2, 0.25) is 24.6 Å². The van der Waals surface area contributed by atoms with Gasteiger partial charge >= 0.3 is 0 Å². The Kier molecular flexibility index (Phi) is 10.1. The van der Waals surface area contributed by atoms with Crippen LogP contribution in [0, 0.1) is 5.92 Å². The summed E-state index contributed by atoms with van der Waals surface area (Å²) >= 11 is 1.75. The molecule has 7 rings (SSSR count). The van der Waals surface area contributed by atoms with E-state index in [1.807, 2.05) is 30.9 Å². The van der Waals surface area contributed by atoms with E-state index in [2.05, 4.69) is 76.0 Å². The summed E-state index contributed by atoms with van der Waals surface area (Å²) in [5.41, 5.74) is 6.61. The van der Waals surface area contributed by atoms with Crippen molar-refractivity contribution in [3.8, 4) is 11.1 Å². The van der Waals surface area contributed by atoms with Crippen LogP contribution < -0.4 is 16.0 Å². The van der Waals surface area contributed by atoms with Crippen molar-refractivity contribution in [3.05, 3.63) is 84.3 Å². The maximum absolute atomic E-state index is 13.0. The molecule has 0 unspecified atom stereocenters. The average molecular weight is 718 g/mol. The van der Waals surface area contributed by atoms with Gasteiger partial charge in [-0.25, -0.2) is 4.98 Å². The number of hydrogen-bond acceptors (Lipinski definition) is 7. The van der Waals surface area contributed by atoms with Crippen LogP contribution in [0.5, 0.6) is 0 Å². The van der Waals surface area contributed by atoms with E-state index in [4.69, 9.17) is 4.98 Å². The number of benzene rings is 3. The molecule has 1 saturated heterocycles. The van der Waals surface area contributed by atoms with Crippen molar-refractivity contribution in [2.45, 2.75) is 51.6 Å². The topological polar surface area (TPSA) is 140 Å². The smallest absolute Gasteiger partial charge is 0.242 e. The van der Waals surface area contributed by atoms with E-state index in [0.717, 1.165) is 64.9 Å². The number of aromatic amines is 1. The molecule has 12 heteroatoms. The van der Waals surface area contributed by atoms with Gasteiger partial charge in [0.1, 0.15) is 5.82 Å². The number of carbonyl (C=O) groups excluding carboxylic acids is 4. The molecule has 1 saturated carbocycles. The number of hydrogen-bond donors (Lipinski definition) is 4. The molecule has 0 radical (unpaired) electrons. The summed E-state index contributed by atoms with van der Waals surface area (Å²) < 4.78 is 2.35. The number of nitrogens with zero attached hydrogens (tertiary/aromatic N) is 3. The number of fused-ring (bicyclic) bond motifs is 6. The third-order valence-corrected chi connectivity index (χ3v) is 11.4. The molecule has 4 amide bonds. The van der Waals surface area contributed by atoms with E-state index in [-0.39, 0.29) is 37.0 Å². The molecule has 5 aromatic rings. The van der Waals surface area contributed by atoms with Gasteiger partial charge in [-0.2, -0.15) is 0 Å². The van der Waals surface area contributed by atoms with Crippen LogP contribution in [0.3, 0.4) is 0 Å². The molecule has 11 nitrogen and oxygen atoms in total. The monoisotopic (exact) mass is 717 g/mol. The van der Waals surface area contributed by atoms with Crippen LogP contribution in [0.4, 0.5) is 0 Å². The van der Waals surface area contributed by atoms with Crippen LogP contribution in [-0.4, -0.2) is 76.6 Å². The summed E-state index contributed by atoms with van der Waals surface area (Å²) in [5, 5.41) is 10.8. The number of likely N-dealkylation sites (tertiary alicyclic amines) is 1. The summed E-state index contributed by atoms with van der Waals surface area (Å²) in [7, 11) is 0. The minimum atomic E-state index is -0.152. The normalized spacial score (nSPS) is 18.2. The van der Waals surface area contributed by atoms with Crippen molar-refractivity contribution in [1.29, 1.82) is 0 Å². The van der Waals surface area contributed by atoms with Gasteiger partial charge in [0.15, 0.2) is 0 Å². The zero-order valence-corrected chi connectivity index (χ0v) is 30.2. The third-order valence-electron chi connectivity index (χ3n) is 10.3. The van der Waals surface area contributed by atoms with E-state index in [1.165, 1.54) is 20.2 Å². The van der Waals surface area contributed by atoms with Crippen LogP contribution in [0.1, 0.15) is 57.0 Å². The van der Waals surface area contributed by atoms with Crippen LogP contribution in [0.2, 0.25) is 0 Å². The van der Waals surface area contributed by atoms with Gasteiger partial charge in [0.25, 0.3) is 0 Å². The molecule has 268 valence electrons. The van der Waals surface area contributed by atoms with Gasteiger partial charge in [-0.3, -0.25) is 19.2 Å². The number of allylic oxidation sites excluding steroid dienone is 1. The molecule has 52 heavy (non-hydrogen) atoms. The SMILES string of the molecule is C=C(CN(CCC)C(=O)CNC=O)N/C(=C\C)c1ccc2c(c1)sc1cc(-c3ccc4nc([C@@H]5[C@H]6CC[C@H](C6)N5C(=O)CNC=O)[nH]c4c3)ccc12. The first-order valence-corrected chi connectivity index (χ1v) is 18.6. The van der Waals surface area contributed by atoms with Gasteiger partial charge < -0.3 is 30.7 Å². The fourth-order valence-corrected chi connectivity index (χ4v) is 9.15. The lowest BCUT2D eigenvalue weighted by atomic mass is 9.98. The summed E-state index contributed by atoms with van der Waals surface area (Å²) in [5.74, 6) is 0.960. The number of amides is 4. The molecule has 1 aliphatic carbocycles. The second-order valence-corrected chi connectivity index (χ2v) is 14.7. The summed E-state index contributed by atoms with van der Waals surface area (Å²) in [6.07, 6.45) is 6.95. The molecule has 1 aliphatic heterocycles. The van der Waals surface area contributed by atoms with E-state index < -0.39 is 0 Å². The number of rotatable bonds is 15. The highest BCUT2D eigenvalue weighted by molar-refractivity contribution is 7.25. The summed E-state index contributed by atoms with van der Waals surface area (Å²) in [6.45, 7) is 9.04. The molecule has 3 atom stereocenters. The highest BCUT2D eigenvalue weighted by atomic mass is 32.1. The minimum absolute atomic E-state index is 0.00260. The van der Waals surface area contributed by atoms with Crippen LogP contribution in [-0.2, 0) is 19.2 Å². The Labute approximate surface area is 306 Å². The lowest BCUT2D eigenvalue weighted by Crippen LogP contribution is -2.44. The highest BCUT2D eigenvalue weighted by Crippen LogP contribution is 2.50. The molecule has 0 spiro atoms. The molecule has 2 bridgehead atoms. The minimum Gasteiger partial charge on any atom is -0.358 e. The molecular formula is C40H43N7O4S. The van der Waals surface area contributed by atoms with E-state index in [0.29, 0.717) is 37.5 Å². The summed E-state index contributed by atoms with van der Waals surface area (Å²) in [4.78, 5) is 59.3. The number of imidazole rings is 1. The molecule has 2 aromatic heterocycles. The molecular weight excluding hydrogens is 675 g/mol. The molecule has 2 aliphatic rings. The Bertz CT molecular complexity index is 2220. The van der Waals surface area contributed by atoms with Gasteiger partial charge in [-0.05, 0) is 79.5 Å². The Morgan fingerprint density at radius 2 is 1.73 bits per heavy atom. The van der Waals surface area contributed by atoms with E-state index in [1.54, 1.807) is 16.2 Å². The summed E-state index contributed by atoms with van der Waals surface area (Å²) in [6, 6.07) is 19.4. The largest absolute Gasteiger partial charge is 0.358 e. The number of nitrogens with one attached hydrogen (secondary N) is 4. The van der Waals surface area contributed by atoms with E-state index in [9.17, 15) is 19.2 Å². The molecule has 2 fully saturated rings. The lowest BCUT2D eigenvalue weighted by Gasteiger charge is -2.34. The van der Waals surface area contributed by atoms with Gasteiger partial charge in [-0.1, -0.05) is 49.9 Å². The molecule has 3 aromatic carbocycles. The number of aromatic nitrogens is 2. The second kappa shape index (κ2) is 15.0. The Balaban J connectivity index is 1.10. The van der Waals surface area contributed by atoms with Crippen LogP contribution >= 0.6 is 11.3 Å². The Hall–Kier alpha value is -5.49. The fraction of sp³-hybridized carbons (Fsp3) is 0.325. The standard InChI is InChI=1S/C40H43N7O4S/c1-4-14-46(37(50)19-41-22-48)21-24(3)43-32(5-2)27-8-12-31-30-11-7-26(17-35(30)52-36(31)18-27)25-9-13-33-34(16-25)45-40(44-33)39-28-6-10-29(15-28)47(39)38(51)20-42-23-49/h5,7-9,11-13,16-18,22-23,28-29,39,43H,3-4,6,10,14-15,19-21H2,1-2H3,(H,41,48)(H,42,49)(H,44,45)/b32-5-/t28-,29+,39-/m0/s1. The maximum Gasteiger partial charge on any atom is 0.242 e. The average Bonchev–Trinajstić information content (AvgIpc) is 3.96. The Morgan fingerprint density at radius 3 is 2.50 bits per heavy atom. The van der Waals surface area contributed by atoms with Crippen molar-refractivity contribution in [2.24, 2.45) is 5.92 Å². The number of thiophene rings is 1. The second-order valence-electron chi connectivity index (χ2n) is 13.6. The highest BCUT2D eigenvalue weighted by Gasteiger charge is 2.49. The van der Waals surface area contributed by atoms with Crippen molar-refractivity contribution in [2.75, 3.05) is 26.2 Å². The molecule has 3 heterocycles. The van der Waals surface area contributed by atoms with Crippen molar-refractivity contribution in [1.82, 2.24) is 35.7 Å². The number of H-pyrrole nitrogens is 1. The first kappa shape index (κ1) is 34.9. The van der Waals surface area contributed by atoms with Crippen LogP contribution in [0.15, 0.2) is 72.9 Å². The number of carbonyl (C=O) groups is 4. The predicted molar refractivity (Wildman–Crippen MR) is 206 cm³/mol. The molecule has 4 N–H and O–H groups in total. The Morgan fingerprint density at radius 1 is 1.00 bits per heavy atom. The van der Waals surface area contributed by atoms with Gasteiger partial charge in [0, 0.05) is 44.2 Å². The quantitative estimate of drug-likeness (QED) is 0.100. The fourth-order valence-electron chi connectivity index (χ4n) is 7.97. The van der Waals surface area contributed by atoms with Gasteiger partial charge in [0.05, 0.1) is 36.7 Å². The zero-order valence-electron chi connectivity index (χ0n) is 29.4. The number of piperidine rings is 1. The maximum atomic E-state index is 13.0. The van der Waals surface area contributed by atoms with Crippen LogP contribution in [0.25, 0.3) is 48.0 Å². The lowest BCUT2D eigenvalue weighted by molar-refractivity contribution is -0.135. The van der Waals surface area contributed by atoms with Crippen molar-refractivity contribution < 1.29 is 19.2 Å². The van der Waals surface area contributed by atoms with Gasteiger partial charge in [-0.15, -0.1) is 11.3 Å². The third kappa shape index (κ3) is 6.78. The predicted octanol–water partition coefficient (Wildman–Crippen LogP) is 5.84. The zero-order chi connectivity index (χ0) is 36.4. The van der Waals surface area contributed by atoms with E-state index >= 15 is 0 Å². The first-order valence-electron chi connectivity index (χ1n) is 17.8. The first-order chi connectivity index (χ1) is 25.3. The van der Waals surface area contributed by atoms with Crippen molar-refractivity contribution >= 4 is 72.9 Å². The van der Waals surface area contributed by atoms with Crippen molar-refractivity contribution in [3.63, 3.8) is 0 Å².